The van der Waals surface area contributed by atoms with Gasteiger partial charge in [-0.3, -0.25) is 9.79 Å². The van der Waals surface area contributed by atoms with E-state index in [4.69, 9.17) is 5.11 Å². The molecule has 1 saturated heterocycles. The molecule has 0 aliphatic carbocycles. The third kappa shape index (κ3) is 4.68. The Labute approximate surface area is 159 Å². The molecular formula is C20H28N2O3S. The van der Waals surface area contributed by atoms with Crippen molar-refractivity contribution in [3.05, 3.63) is 33.7 Å². The summed E-state index contributed by atoms with van der Waals surface area (Å²) in [5, 5.41) is 22.9. The van der Waals surface area contributed by atoms with Crippen molar-refractivity contribution in [3.63, 3.8) is 0 Å². The maximum absolute atomic E-state index is 12.2. The molecule has 0 unspecified atom stereocenters. The predicted octanol–water partition coefficient (Wildman–Crippen LogP) is 3.54. The number of amidine groups is 1. The zero-order valence-corrected chi connectivity index (χ0v) is 17.1. The Morgan fingerprint density at radius 3 is 2.12 bits per heavy atom. The summed E-state index contributed by atoms with van der Waals surface area (Å²) in [6.45, 7) is 12.6. The van der Waals surface area contributed by atoms with Gasteiger partial charge in [-0.25, -0.2) is 0 Å². The Hall–Kier alpha value is -1.79. The minimum atomic E-state index is -0.225. The van der Waals surface area contributed by atoms with Gasteiger partial charge >= 0.3 is 0 Å². The smallest absolute Gasteiger partial charge is 0.264 e. The second-order valence-electron chi connectivity index (χ2n) is 8.44. The predicted molar refractivity (Wildman–Crippen MR) is 109 cm³/mol. The number of phenolic OH excluding ortho intramolecular Hbond substituents is 1. The molecule has 1 heterocycles. The fourth-order valence-electron chi connectivity index (χ4n) is 2.69. The van der Waals surface area contributed by atoms with E-state index >= 15 is 0 Å². The summed E-state index contributed by atoms with van der Waals surface area (Å²) in [6, 6.07) is 3.88. The van der Waals surface area contributed by atoms with Crippen molar-refractivity contribution < 1.29 is 15.0 Å². The molecule has 142 valence electrons. The van der Waals surface area contributed by atoms with E-state index in [-0.39, 0.29) is 29.9 Å². The van der Waals surface area contributed by atoms with Gasteiger partial charge < -0.3 is 15.5 Å². The molecule has 2 rings (SSSR count). The number of carbonyl (C=O) groups is 1. The molecule has 0 atom stereocenters. The van der Waals surface area contributed by atoms with E-state index in [0.29, 0.717) is 15.8 Å². The van der Waals surface area contributed by atoms with Crippen LogP contribution in [0.2, 0.25) is 0 Å². The number of phenols is 1. The summed E-state index contributed by atoms with van der Waals surface area (Å²) in [6.07, 6.45) is 1.82. The van der Waals surface area contributed by atoms with Gasteiger partial charge in [-0.2, -0.15) is 0 Å². The molecular weight excluding hydrogens is 348 g/mol. The highest BCUT2D eigenvalue weighted by Gasteiger charge is 2.28. The second kappa shape index (κ2) is 7.45. The zero-order chi connectivity index (χ0) is 19.7. The Morgan fingerprint density at radius 1 is 1.12 bits per heavy atom. The number of hydrogen-bond acceptors (Lipinski definition) is 5. The van der Waals surface area contributed by atoms with Crippen LogP contribution in [0.1, 0.15) is 58.2 Å². The molecule has 0 saturated carbocycles. The molecule has 5 nitrogen and oxygen atoms in total. The van der Waals surface area contributed by atoms with E-state index in [9.17, 15) is 9.90 Å². The van der Waals surface area contributed by atoms with Gasteiger partial charge in [0.2, 0.25) is 0 Å². The lowest BCUT2D eigenvalue weighted by molar-refractivity contribution is -0.115. The highest BCUT2D eigenvalue weighted by atomic mass is 32.2. The first-order chi connectivity index (χ1) is 11.9. The van der Waals surface area contributed by atoms with Gasteiger partial charge in [0.1, 0.15) is 5.75 Å². The van der Waals surface area contributed by atoms with Gasteiger partial charge in [0, 0.05) is 11.1 Å². The average Bonchev–Trinajstić information content (AvgIpc) is 2.84. The molecule has 0 radical (unpaired) electrons. The molecule has 0 bridgehead atoms. The maximum Gasteiger partial charge on any atom is 0.264 e. The van der Waals surface area contributed by atoms with Crippen molar-refractivity contribution in [1.82, 2.24) is 5.32 Å². The number of carbonyl (C=O) groups excluding carboxylic acids is 1. The van der Waals surface area contributed by atoms with E-state index in [2.05, 4.69) is 51.9 Å². The minimum Gasteiger partial charge on any atom is -0.507 e. The van der Waals surface area contributed by atoms with E-state index in [0.717, 1.165) is 16.7 Å². The molecule has 3 N–H and O–H groups in total. The average molecular weight is 377 g/mol. The van der Waals surface area contributed by atoms with Gasteiger partial charge in [0.25, 0.3) is 5.91 Å². The van der Waals surface area contributed by atoms with Crippen LogP contribution in [-0.2, 0) is 15.6 Å². The molecule has 1 aromatic carbocycles. The quantitative estimate of drug-likeness (QED) is 0.705. The fourth-order valence-corrected chi connectivity index (χ4v) is 3.53. The van der Waals surface area contributed by atoms with Crippen LogP contribution in [0.4, 0.5) is 0 Å². The van der Waals surface area contributed by atoms with E-state index in [1.54, 1.807) is 0 Å². The number of benzene rings is 1. The maximum atomic E-state index is 12.2. The van der Waals surface area contributed by atoms with Crippen LogP contribution in [0.5, 0.6) is 5.75 Å². The van der Waals surface area contributed by atoms with Crippen molar-refractivity contribution in [1.29, 1.82) is 0 Å². The van der Waals surface area contributed by atoms with E-state index in [1.165, 1.54) is 11.8 Å². The topological polar surface area (TPSA) is 81.9 Å². The highest BCUT2D eigenvalue weighted by Crippen LogP contribution is 2.40. The number of aromatic hydroxyl groups is 1. The van der Waals surface area contributed by atoms with Crippen LogP contribution in [0.25, 0.3) is 6.08 Å². The molecule has 1 aliphatic rings. The zero-order valence-electron chi connectivity index (χ0n) is 16.3. The van der Waals surface area contributed by atoms with Gasteiger partial charge in [-0.1, -0.05) is 41.5 Å². The molecule has 26 heavy (non-hydrogen) atoms. The number of amides is 1. The standard InChI is InChI=1S/C20H28N2O3S/c1-19(2,3)13-9-12(10-14(16(13)24)20(4,5)6)11-15-17(25)22-18(26-15)21-7-8-23/h9-11,23-24H,7-8H2,1-6H3,(H,21,22,25). The highest BCUT2D eigenvalue weighted by molar-refractivity contribution is 8.18. The largest absolute Gasteiger partial charge is 0.507 e. The summed E-state index contributed by atoms with van der Waals surface area (Å²) in [5.74, 6) is 0.121. The number of nitrogens with one attached hydrogen (secondary N) is 1. The summed E-state index contributed by atoms with van der Waals surface area (Å²) in [4.78, 5) is 16.9. The normalized spacial score (nSPS) is 18.7. The number of hydrogen-bond donors (Lipinski definition) is 3. The third-order valence-corrected chi connectivity index (χ3v) is 5.00. The molecule has 1 fully saturated rings. The number of rotatable bonds is 3. The summed E-state index contributed by atoms with van der Waals surface area (Å²) >= 11 is 1.26. The minimum absolute atomic E-state index is 0.0547. The van der Waals surface area contributed by atoms with Gasteiger partial charge in [-0.05, 0) is 46.4 Å². The molecule has 0 aromatic heterocycles. The first-order valence-corrected chi connectivity index (χ1v) is 9.49. The number of aliphatic hydroxyl groups excluding tert-OH is 1. The van der Waals surface area contributed by atoms with Gasteiger partial charge in [0.05, 0.1) is 18.1 Å². The molecule has 1 aliphatic heterocycles. The number of aliphatic imine (C=N–C) groups is 1. The summed E-state index contributed by atoms with van der Waals surface area (Å²) in [7, 11) is 0. The number of aliphatic hydroxyl groups is 1. The van der Waals surface area contributed by atoms with E-state index < -0.39 is 0 Å². The number of nitrogens with zero attached hydrogens (tertiary/aromatic N) is 1. The summed E-state index contributed by atoms with van der Waals surface area (Å²) in [5.41, 5.74) is 2.14. The van der Waals surface area contributed by atoms with Crippen molar-refractivity contribution in [2.75, 3.05) is 13.2 Å². The Morgan fingerprint density at radius 2 is 1.65 bits per heavy atom. The van der Waals surface area contributed by atoms with Crippen molar-refractivity contribution in [2.45, 2.75) is 52.4 Å². The molecule has 6 heteroatoms. The molecule has 1 amide bonds. The van der Waals surface area contributed by atoms with Gasteiger partial charge in [-0.15, -0.1) is 0 Å². The van der Waals surface area contributed by atoms with Crippen LogP contribution in [0.3, 0.4) is 0 Å². The lowest BCUT2D eigenvalue weighted by atomic mass is 9.78. The van der Waals surface area contributed by atoms with Crippen LogP contribution < -0.4 is 5.32 Å². The molecule has 0 spiro atoms. The van der Waals surface area contributed by atoms with Crippen molar-refractivity contribution in [3.8, 4) is 5.75 Å². The van der Waals surface area contributed by atoms with Crippen LogP contribution in [0.15, 0.2) is 22.0 Å². The Bertz CT molecular complexity index is 733. The first kappa shape index (κ1) is 20.5. The Kier molecular flexibility index (Phi) is 5.88. The number of thioether (sulfide) groups is 1. The fraction of sp³-hybridized carbons (Fsp3) is 0.500. The second-order valence-corrected chi connectivity index (χ2v) is 9.47. The molecule has 1 aromatic rings. The lowest BCUT2D eigenvalue weighted by Crippen LogP contribution is -2.20. The SMILES string of the molecule is CC(C)(C)c1cc(C=C2SC(=NCCO)NC2=O)cc(C(C)(C)C)c1O. The van der Waals surface area contributed by atoms with Crippen molar-refractivity contribution >= 4 is 28.9 Å². The van der Waals surface area contributed by atoms with Crippen LogP contribution in [0, 0.1) is 0 Å². The third-order valence-electron chi connectivity index (χ3n) is 4.05. The summed E-state index contributed by atoms with van der Waals surface area (Å²) < 4.78 is 0. The van der Waals surface area contributed by atoms with Gasteiger partial charge in [0.15, 0.2) is 5.17 Å². The van der Waals surface area contributed by atoms with Crippen LogP contribution >= 0.6 is 11.8 Å². The van der Waals surface area contributed by atoms with Crippen molar-refractivity contribution in [2.24, 2.45) is 4.99 Å². The first-order valence-electron chi connectivity index (χ1n) is 8.67. The van der Waals surface area contributed by atoms with E-state index in [1.807, 2.05) is 18.2 Å². The Balaban J connectivity index is 2.52. The lowest BCUT2D eigenvalue weighted by Gasteiger charge is -2.28. The van der Waals surface area contributed by atoms with Crippen LogP contribution in [-0.4, -0.2) is 34.4 Å². The monoisotopic (exact) mass is 376 g/mol.